The predicted octanol–water partition coefficient (Wildman–Crippen LogP) is 4.32. The van der Waals surface area contributed by atoms with E-state index in [1.165, 1.54) is 48.5 Å². The number of benzene rings is 2. The van der Waals surface area contributed by atoms with Gasteiger partial charge in [-0.3, -0.25) is 9.78 Å². The number of nitrogens with one attached hydrogen (secondary N) is 1. The third kappa shape index (κ3) is 7.44. The fourth-order valence-corrected chi connectivity index (χ4v) is 6.61. The van der Waals surface area contributed by atoms with Gasteiger partial charge in [0.15, 0.2) is 0 Å². The molecule has 0 unspecified atom stereocenters. The molecule has 1 aliphatic heterocycles. The number of pyridine rings is 1. The van der Waals surface area contributed by atoms with Gasteiger partial charge in [-0.15, -0.1) is 13.2 Å². The maximum Gasteiger partial charge on any atom is 0.573 e. The van der Waals surface area contributed by atoms with Crippen molar-refractivity contribution in [3.8, 4) is 5.75 Å². The number of anilines is 1. The third-order valence-electron chi connectivity index (χ3n) is 7.58. The second-order valence-corrected chi connectivity index (χ2v) is 12.5. The van der Waals surface area contributed by atoms with Crippen LogP contribution in [-0.4, -0.2) is 76.7 Å². The standard InChI is InChI=1S/C30H27F5N6O6S/c1-2-29(31,32)19-5-3-18(4-6-19)13-38-27(42)24-17-40(25-16-37-23-15-36-14-22(28(43)44)26(23)39-25)11-12-41(24)48(45,46)21-9-7-20(8-10-21)47-30(33,34)35/h3-10,14-16,24H,2,11-13,17H2,1H3,(H,38,42)(H,43,44)/t24-/m1/s1. The molecule has 0 aliphatic carbocycles. The van der Waals surface area contributed by atoms with Gasteiger partial charge in [0.05, 0.1) is 17.3 Å². The number of hydrogen-bond donors (Lipinski definition) is 2. The SMILES string of the molecule is CCC(F)(F)c1ccc(CNC(=O)[C@H]2CN(c3cnc4cncc(C(=O)O)c4n3)CCN2S(=O)(=O)c2ccc(OC(F)(F)F)cc2)cc1. The van der Waals surface area contributed by atoms with Gasteiger partial charge in [-0.25, -0.2) is 32.0 Å². The summed E-state index contributed by atoms with van der Waals surface area (Å²) < 4.78 is 98.3. The Morgan fingerprint density at radius 1 is 1.00 bits per heavy atom. The number of carbonyl (C=O) groups is 2. The molecule has 12 nitrogen and oxygen atoms in total. The molecular formula is C30H27F5N6O6S. The molecule has 48 heavy (non-hydrogen) atoms. The Morgan fingerprint density at radius 2 is 1.69 bits per heavy atom. The third-order valence-corrected chi connectivity index (χ3v) is 9.51. The number of hydrogen-bond acceptors (Lipinski definition) is 9. The van der Waals surface area contributed by atoms with Crippen LogP contribution in [0.3, 0.4) is 0 Å². The first-order valence-electron chi connectivity index (χ1n) is 14.3. The monoisotopic (exact) mass is 694 g/mol. The van der Waals surface area contributed by atoms with E-state index in [-0.39, 0.29) is 54.2 Å². The summed E-state index contributed by atoms with van der Waals surface area (Å²) in [6.45, 7) is 0.603. The molecule has 5 rings (SSSR count). The highest BCUT2D eigenvalue weighted by Gasteiger charge is 2.41. The molecule has 2 aromatic carbocycles. The summed E-state index contributed by atoms with van der Waals surface area (Å²) in [4.78, 5) is 39.0. The van der Waals surface area contributed by atoms with Crippen molar-refractivity contribution < 1.29 is 49.8 Å². The summed E-state index contributed by atoms with van der Waals surface area (Å²) in [5.74, 6) is -5.60. The predicted molar refractivity (Wildman–Crippen MR) is 160 cm³/mol. The van der Waals surface area contributed by atoms with Crippen LogP contribution in [0.25, 0.3) is 11.0 Å². The molecule has 1 fully saturated rings. The molecule has 1 aliphatic rings. The number of carboxylic acids is 1. The number of ether oxygens (including phenoxy) is 1. The van der Waals surface area contributed by atoms with E-state index in [0.29, 0.717) is 5.56 Å². The van der Waals surface area contributed by atoms with E-state index in [2.05, 4.69) is 25.0 Å². The number of aromatic nitrogens is 3. The second-order valence-electron chi connectivity index (χ2n) is 10.7. The van der Waals surface area contributed by atoms with Crippen LogP contribution in [0.5, 0.6) is 5.75 Å². The molecule has 3 heterocycles. The largest absolute Gasteiger partial charge is 0.573 e. The van der Waals surface area contributed by atoms with Crippen LogP contribution in [0.4, 0.5) is 27.8 Å². The topological polar surface area (TPSA) is 155 Å². The van der Waals surface area contributed by atoms with Crippen LogP contribution in [0.1, 0.15) is 34.8 Å². The zero-order valence-corrected chi connectivity index (χ0v) is 25.8. The number of piperazine rings is 1. The van der Waals surface area contributed by atoms with Gasteiger partial charge in [0.1, 0.15) is 34.2 Å². The smallest absolute Gasteiger partial charge is 0.478 e. The van der Waals surface area contributed by atoms with Crippen molar-refractivity contribution in [1.82, 2.24) is 24.6 Å². The van der Waals surface area contributed by atoms with Gasteiger partial charge in [0, 0.05) is 44.4 Å². The van der Waals surface area contributed by atoms with Gasteiger partial charge in [0.25, 0.3) is 5.92 Å². The Morgan fingerprint density at radius 3 is 2.31 bits per heavy atom. The molecule has 1 amide bonds. The van der Waals surface area contributed by atoms with Gasteiger partial charge in [-0.1, -0.05) is 31.2 Å². The second kappa shape index (κ2) is 13.3. The fraction of sp³-hybridized carbons (Fsp3) is 0.300. The number of carboxylic acid groups (broad SMARTS) is 1. The number of sulfonamides is 1. The highest BCUT2D eigenvalue weighted by Crippen LogP contribution is 2.32. The van der Waals surface area contributed by atoms with Crippen molar-refractivity contribution in [2.45, 2.75) is 43.1 Å². The summed E-state index contributed by atoms with van der Waals surface area (Å²) >= 11 is 0. The quantitative estimate of drug-likeness (QED) is 0.230. The molecular weight excluding hydrogens is 667 g/mol. The Hall–Kier alpha value is -4.97. The number of nitrogens with zero attached hydrogens (tertiary/aromatic N) is 5. The summed E-state index contributed by atoms with van der Waals surface area (Å²) in [5, 5.41) is 12.2. The molecule has 0 bridgehead atoms. The molecule has 0 saturated carbocycles. The summed E-state index contributed by atoms with van der Waals surface area (Å²) in [6.07, 6.45) is -1.66. The Bertz CT molecular complexity index is 1930. The first kappa shape index (κ1) is 34.4. The first-order chi connectivity index (χ1) is 22.6. The van der Waals surface area contributed by atoms with Crippen LogP contribution in [0.15, 0.2) is 72.0 Å². The number of fused-ring (bicyclic) bond motifs is 1. The van der Waals surface area contributed by atoms with Gasteiger partial charge >= 0.3 is 12.3 Å². The number of rotatable bonds is 10. The lowest BCUT2D eigenvalue weighted by atomic mass is 10.0. The van der Waals surface area contributed by atoms with Gasteiger partial charge < -0.3 is 20.1 Å². The highest BCUT2D eigenvalue weighted by molar-refractivity contribution is 7.89. The molecule has 2 N–H and O–H groups in total. The zero-order valence-electron chi connectivity index (χ0n) is 25.0. The average Bonchev–Trinajstić information content (AvgIpc) is 3.06. The van der Waals surface area contributed by atoms with Gasteiger partial charge in [0.2, 0.25) is 15.9 Å². The minimum Gasteiger partial charge on any atom is -0.478 e. The lowest BCUT2D eigenvalue weighted by Gasteiger charge is -2.40. The van der Waals surface area contributed by atoms with E-state index >= 15 is 0 Å². The fourth-order valence-electron chi connectivity index (χ4n) is 5.04. The van der Waals surface area contributed by atoms with Crippen LogP contribution in [0, 0.1) is 0 Å². The Balaban J connectivity index is 1.43. The normalized spacial score (nSPS) is 16.1. The number of aromatic carboxylic acids is 1. The molecule has 0 spiro atoms. The maximum absolute atomic E-state index is 14.1. The molecule has 4 aromatic rings. The van der Waals surface area contributed by atoms with Crippen molar-refractivity contribution in [2.75, 3.05) is 24.5 Å². The van der Waals surface area contributed by atoms with Crippen molar-refractivity contribution in [3.63, 3.8) is 0 Å². The van der Waals surface area contributed by atoms with E-state index in [0.717, 1.165) is 34.8 Å². The maximum atomic E-state index is 14.1. The summed E-state index contributed by atoms with van der Waals surface area (Å²) in [6, 6.07) is 7.35. The van der Waals surface area contributed by atoms with Crippen LogP contribution in [-0.2, 0) is 27.3 Å². The van der Waals surface area contributed by atoms with E-state index < -0.39 is 57.3 Å². The van der Waals surface area contributed by atoms with E-state index in [1.807, 2.05) is 0 Å². The molecule has 1 saturated heterocycles. The lowest BCUT2D eigenvalue weighted by Crippen LogP contribution is -2.60. The van der Waals surface area contributed by atoms with Crippen molar-refractivity contribution >= 4 is 38.8 Å². The number of amides is 1. The lowest BCUT2D eigenvalue weighted by molar-refractivity contribution is -0.274. The summed E-state index contributed by atoms with van der Waals surface area (Å²) in [7, 11) is -4.48. The van der Waals surface area contributed by atoms with Crippen molar-refractivity contribution in [3.05, 3.63) is 83.8 Å². The Kier molecular flexibility index (Phi) is 9.50. The van der Waals surface area contributed by atoms with E-state index in [9.17, 15) is 45.1 Å². The molecule has 2 aromatic heterocycles. The minimum absolute atomic E-state index is 0.0179. The zero-order chi connectivity index (χ0) is 34.9. The molecule has 0 radical (unpaired) electrons. The first-order valence-corrected chi connectivity index (χ1v) is 15.7. The van der Waals surface area contributed by atoms with Gasteiger partial charge in [-0.05, 0) is 29.8 Å². The van der Waals surface area contributed by atoms with Crippen LogP contribution in [0.2, 0.25) is 0 Å². The number of alkyl halides is 5. The van der Waals surface area contributed by atoms with Crippen molar-refractivity contribution in [1.29, 1.82) is 0 Å². The number of carbonyl (C=O) groups excluding carboxylic acids is 1. The Labute approximate surface area is 270 Å². The van der Waals surface area contributed by atoms with E-state index in [4.69, 9.17) is 0 Å². The molecule has 1 atom stereocenters. The summed E-state index contributed by atoms with van der Waals surface area (Å²) in [5.41, 5.74) is 0.235. The van der Waals surface area contributed by atoms with Crippen LogP contribution < -0.4 is 15.0 Å². The number of halogens is 5. The highest BCUT2D eigenvalue weighted by atomic mass is 32.2. The molecule has 254 valence electrons. The molecule has 18 heteroatoms. The minimum atomic E-state index is -5.00. The van der Waals surface area contributed by atoms with Gasteiger partial charge in [-0.2, -0.15) is 4.31 Å². The average molecular weight is 695 g/mol. The van der Waals surface area contributed by atoms with Crippen molar-refractivity contribution in [2.24, 2.45) is 0 Å². The van der Waals surface area contributed by atoms with E-state index in [1.54, 1.807) is 0 Å². The van der Waals surface area contributed by atoms with Crippen LogP contribution >= 0.6 is 0 Å².